The van der Waals surface area contributed by atoms with Crippen LogP contribution in [0, 0.1) is 0 Å². The minimum atomic E-state index is -0.184. The Balaban J connectivity index is 4.65. The topological polar surface area (TPSA) is 38.8 Å². The van der Waals surface area contributed by atoms with Crippen LogP contribution in [0.1, 0.15) is 6.92 Å². The van der Waals surface area contributed by atoms with Crippen molar-refractivity contribution in [2.24, 2.45) is 0 Å². The molecule has 0 aromatic heterocycles. The van der Waals surface area contributed by atoms with Gasteiger partial charge in [-0.05, 0) is 38.3 Å². The first-order chi connectivity index (χ1) is 11.0. The normalized spacial score (nSPS) is 12.5. The molecule has 4 heteroatoms. The van der Waals surface area contributed by atoms with Gasteiger partial charge in [-0.25, -0.2) is 0 Å². The molecule has 0 saturated heterocycles. The maximum Gasteiger partial charge on any atom is 0.191 e. The maximum atomic E-state index is 12.0. The number of methoxy groups -OCH3 is 2. The van der Waals surface area contributed by atoms with Crippen molar-refractivity contribution in [2.75, 3.05) is 34.4 Å². The third-order valence-electron chi connectivity index (χ3n) is 2.89. The summed E-state index contributed by atoms with van der Waals surface area (Å²) >= 11 is 0. The van der Waals surface area contributed by atoms with Gasteiger partial charge in [0, 0.05) is 24.2 Å². The Kier molecular flexibility index (Phi) is 11.0. The van der Waals surface area contributed by atoms with Crippen LogP contribution in [0.2, 0.25) is 0 Å². The third kappa shape index (κ3) is 9.32. The predicted molar refractivity (Wildman–Crippen MR) is 96.0 cm³/mol. The fourth-order valence-corrected chi connectivity index (χ4v) is 1.60. The molecule has 0 fully saturated rings. The van der Waals surface area contributed by atoms with Gasteiger partial charge in [0.2, 0.25) is 0 Å². The molecule has 0 aliphatic heterocycles. The monoisotopic (exact) mass is 317 g/mol. The fourth-order valence-electron chi connectivity index (χ4n) is 1.60. The quantitative estimate of drug-likeness (QED) is 0.332. The predicted octanol–water partition coefficient (Wildman–Crippen LogP) is 3.42. The summed E-state index contributed by atoms with van der Waals surface area (Å²) in [6.07, 6.45) is 12.3. The van der Waals surface area contributed by atoms with Gasteiger partial charge in [-0.3, -0.25) is 9.69 Å². The fraction of sp³-hybridized carbons (Fsp3) is 0.316. The van der Waals surface area contributed by atoms with Gasteiger partial charge in [-0.2, -0.15) is 0 Å². The molecule has 0 aromatic carbocycles. The summed E-state index contributed by atoms with van der Waals surface area (Å²) in [7, 11) is 5.19. The summed E-state index contributed by atoms with van der Waals surface area (Å²) in [6.45, 7) is 10.8. The van der Waals surface area contributed by atoms with E-state index in [0.29, 0.717) is 23.5 Å². The Labute approximate surface area is 139 Å². The SMILES string of the molecule is C=C(/C=C\C)C(=O)C(=C)/C=C\C(=C/CN(C)C/C=C/OC)OC. The highest BCUT2D eigenvalue weighted by molar-refractivity contribution is 6.11. The number of nitrogens with zero attached hydrogens (tertiary/aromatic N) is 1. The van der Waals surface area contributed by atoms with E-state index in [-0.39, 0.29) is 5.78 Å². The van der Waals surface area contributed by atoms with E-state index in [1.54, 1.807) is 44.8 Å². The maximum absolute atomic E-state index is 12.0. The first-order valence-corrected chi connectivity index (χ1v) is 7.30. The summed E-state index contributed by atoms with van der Waals surface area (Å²) in [5.41, 5.74) is 0.780. The second-order valence-electron chi connectivity index (χ2n) is 4.85. The van der Waals surface area contributed by atoms with E-state index in [4.69, 9.17) is 9.47 Å². The van der Waals surface area contributed by atoms with Gasteiger partial charge in [0.15, 0.2) is 5.78 Å². The molecule has 0 unspecified atom stereocenters. The van der Waals surface area contributed by atoms with E-state index in [9.17, 15) is 4.79 Å². The van der Waals surface area contributed by atoms with Gasteiger partial charge >= 0.3 is 0 Å². The van der Waals surface area contributed by atoms with Crippen LogP contribution in [0.4, 0.5) is 0 Å². The summed E-state index contributed by atoms with van der Waals surface area (Å²) in [5.74, 6) is 0.481. The number of Topliss-reactive ketones (excluding diaryl/α,β-unsaturated/α-hetero) is 1. The largest absolute Gasteiger partial charge is 0.505 e. The number of ether oxygens (including phenoxy) is 2. The van der Waals surface area contributed by atoms with Gasteiger partial charge in [0.05, 0.1) is 20.5 Å². The average molecular weight is 317 g/mol. The van der Waals surface area contributed by atoms with Gasteiger partial charge in [0.1, 0.15) is 5.76 Å². The first-order valence-electron chi connectivity index (χ1n) is 7.30. The average Bonchev–Trinajstić information content (AvgIpc) is 2.54. The summed E-state index contributed by atoms with van der Waals surface area (Å²) in [6, 6.07) is 0. The molecule has 0 aliphatic rings. The highest BCUT2D eigenvalue weighted by atomic mass is 16.5. The van der Waals surface area contributed by atoms with E-state index >= 15 is 0 Å². The van der Waals surface area contributed by atoms with Crippen LogP contribution in [0.5, 0.6) is 0 Å². The standard InChI is InChI=1S/C19H27NO3/c1-7-9-16(2)19(21)17(3)10-11-18(23-6)12-14-20(4)13-8-15-22-5/h7-12,15H,2-3,13-14H2,1,4-6H3/b9-7-,11-10-,15-8+,18-12+. The van der Waals surface area contributed by atoms with Gasteiger partial charge in [-0.15, -0.1) is 0 Å². The molecule has 0 aromatic rings. The lowest BCUT2D eigenvalue weighted by molar-refractivity contribution is -0.111. The van der Waals surface area contributed by atoms with E-state index < -0.39 is 0 Å². The highest BCUT2D eigenvalue weighted by Gasteiger charge is 2.06. The Bertz CT molecular complexity index is 525. The van der Waals surface area contributed by atoms with Crippen LogP contribution in [-0.2, 0) is 14.3 Å². The number of carbonyl (C=O) groups excluding carboxylic acids is 1. The zero-order chi connectivity index (χ0) is 17.7. The van der Waals surface area contributed by atoms with Crippen LogP contribution in [-0.4, -0.2) is 45.0 Å². The second-order valence-corrected chi connectivity index (χ2v) is 4.85. The van der Waals surface area contributed by atoms with Crippen LogP contribution >= 0.6 is 0 Å². The summed E-state index contributed by atoms with van der Waals surface area (Å²) < 4.78 is 10.1. The van der Waals surface area contributed by atoms with Crippen molar-refractivity contribution in [3.63, 3.8) is 0 Å². The first kappa shape index (κ1) is 20.7. The molecule has 4 nitrogen and oxygen atoms in total. The van der Waals surface area contributed by atoms with Crippen LogP contribution < -0.4 is 0 Å². The molecule has 0 heterocycles. The lowest BCUT2D eigenvalue weighted by atomic mass is 10.1. The van der Waals surface area contributed by atoms with Crippen molar-refractivity contribution in [1.29, 1.82) is 0 Å². The number of allylic oxidation sites excluding steroid dienone is 6. The number of carbonyl (C=O) groups is 1. The van der Waals surface area contributed by atoms with Gasteiger partial charge in [0.25, 0.3) is 0 Å². The van der Waals surface area contributed by atoms with E-state index in [1.165, 1.54) is 0 Å². The summed E-state index contributed by atoms with van der Waals surface area (Å²) in [5, 5.41) is 0. The molecule has 23 heavy (non-hydrogen) atoms. The molecule has 126 valence electrons. The lowest BCUT2D eigenvalue weighted by Crippen LogP contribution is -2.18. The number of rotatable bonds is 11. The van der Waals surface area contributed by atoms with E-state index in [2.05, 4.69) is 18.1 Å². The molecule has 0 amide bonds. The van der Waals surface area contributed by atoms with Gasteiger partial charge in [-0.1, -0.05) is 25.3 Å². The highest BCUT2D eigenvalue weighted by Crippen LogP contribution is 2.08. The minimum absolute atomic E-state index is 0.184. The molecular formula is C19H27NO3. The van der Waals surface area contributed by atoms with E-state index in [0.717, 1.165) is 6.54 Å². The number of hydrogen-bond acceptors (Lipinski definition) is 4. The van der Waals surface area contributed by atoms with Crippen molar-refractivity contribution in [2.45, 2.75) is 6.92 Å². The van der Waals surface area contributed by atoms with Crippen molar-refractivity contribution in [1.82, 2.24) is 4.90 Å². The molecule has 0 bridgehead atoms. The molecule has 0 N–H and O–H groups in total. The van der Waals surface area contributed by atoms with Crippen LogP contribution in [0.3, 0.4) is 0 Å². The minimum Gasteiger partial charge on any atom is -0.505 e. The second kappa shape index (κ2) is 12.2. The third-order valence-corrected chi connectivity index (χ3v) is 2.89. The smallest absolute Gasteiger partial charge is 0.191 e. The molecule has 0 saturated carbocycles. The van der Waals surface area contributed by atoms with Crippen LogP contribution in [0.25, 0.3) is 0 Å². The molecule has 0 aliphatic carbocycles. The van der Waals surface area contributed by atoms with Crippen molar-refractivity contribution in [3.05, 3.63) is 72.8 Å². The zero-order valence-electron chi connectivity index (χ0n) is 14.5. The Hall–Kier alpha value is -2.33. The molecule has 0 rings (SSSR count). The Morgan fingerprint density at radius 3 is 2.30 bits per heavy atom. The van der Waals surface area contributed by atoms with Crippen molar-refractivity contribution in [3.8, 4) is 0 Å². The van der Waals surface area contributed by atoms with Crippen molar-refractivity contribution < 1.29 is 14.3 Å². The molecule has 0 atom stereocenters. The number of likely N-dealkylation sites (N-methyl/N-ethyl adjacent to an activating group) is 1. The zero-order valence-corrected chi connectivity index (χ0v) is 14.5. The lowest BCUT2D eigenvalue weighted by Gasteiger charge is -2.11. The number of hydrogen-bond donors (Lipinski definition) is 0. The number of ketones is 1. The molecule has 0 spiro atoms. The Morgan fingerprint density at radius 1 is 1.09 bits per heavy atom. The van der Waals surface area contributed by atoms with Gasteiger partial charge < -0.3 is 9.47 Å². The van der Waals surface area contributed by atoms with Crippen molar-refractivity contribution >= 4 is 5.78 Å². The molecular weight excluding hydrogens is 290 g/mol. The molecule has 0 radical (unpaired) electrons. The van der Waals surface area contributed by atoms with E-state index in [1.807, 2.05) is 26.1 Å². The summed E-state index contributed by atoms with van der Waals surface area (Å²) in [4.78, 5) is 14.0. The Morgan fingerprint density at radius 2 is 1.74 bits per heavy atom. The van der Waals surface area contributed by atoms with Crippen LogP contribution in [0.15, 0.2) is 72.8 Å².